The number of nitrogens with zero attached hydrogens (tertiary/aromatic N) is 4. The van der Waals surface area contributed by atoms with Crippen LogP contribution in [0.25, 0.3) is 29.2 Å². The first kappa shape index (κ1) is 48.9. The van der Waals surface area contributed by atoms with Crippen molar-refractivity contribution in [1.82, 2.24) is 19.9 Å². The zero-order chi connectivity index (χ0) is 44.6. The van der Waals surface area contributed by atoms with Gasteiger partial charge in [-0.15, -0.1) is 0 Å². The van der Waals surface area contributed by atoms with Gasteiger partial charge in [0.1, 0.15) is 48.3 Å². The molecule has 1 N–H and O–H groups in total. The second-order valence-corrected chi connectivity index (χ2v) is 16.3. The minimum atomic E-state index is -1.01. The normalized spacial score (nSPS) is 24.1. The number of oxazole rings is 3. The number of rotatable bonds is 15. The van der Waals surface area contributed by atoms with Crippen LogP contribution >= 0.6 is 0 Å². The molecule has 336 valence electrons. The van der Waals surface area contributed by atoms with Gasteiger partial charge in [0.25, 0.3) is 0 Å². The summed E-state index contributed by atoms with van der Waals surface area (Å²) in [6, 6.07) is 0. The van der Waals surface area contributed by atoms with E-state index in [-0.39, 0.29) is 78.5 Å². The summed E-state index contributed by atoms with van der Waals surface area (Å²) < 4.78 is 40.4. The number of cyclic esters (lactones) is 1. The number of amides is 1. The Labute approximate surface area is 358 Å². The summed E-state index contributed by atoms with van der Waals surface area (Å²) in [5.74, 6) is -1.10. The van der Waals surface area contributed by atoms with Gasteiger partial charge in [0.05, 0.1) is 24.7 Å². The molecule has 16 heteroatoms. The fraction of sp³-hybridized carbons (Fsp3) is 0.622. The highest BCUT2D eigenvalue weighted by Gasteiger charge is 2.32. The highest BCUT2D eigenvalue weighted by atomic mass is 16.5. The monoisotopic (exact) mass is 852 g/mol. The molecule has 3 aromatic rings. The van der Waals surface area contributed by atoms with Gasteiger partial charge in [-0.05, 0) is 50.0 Å². The maximum atomic E-state index is 13.4. The molecule has 0 radical (unpaired) electrons. The van der Waals surface area contributed by atoms with Gasteiger partial charge >= 0.3 is 5.97 Å². The van der Waals surface area contributed by atoms with Gasteiger partial charge in [-0.25, -0.2) is 15.0 Å². The van der Waals surface area contributed by atoms with Crippen LogP contribution in [0.5, 0.6) is 0 Å². The van der Waals surface area contributed by atoms with E-state index in [0.717, 1.165) is 0 Å². The third-order valence-corrected chi connectivity index (χ3v) is 11.7. The number of carbonyl (C=O) groups is 4. The number of esters is 1. The largest absolute Gasteiger partial charge is 0.462 e. The maximum absolute atomic E-state index is 13.4. The van der Waals surface area contributed by atoms with Crippen LogP contribution in [0.4, 0.5) is 0 Å². The first-order valence-electron chi connectivity index (χ1n) is 21.1. The van der Waals surface area contributed by atoms with E-state index < -0.39 is 30.2 Å². The summed E-state index contributed by atoms with van der Waals surface area (Å²) in [6.07, 6.45) is 12.2. The Balaban J connectivity index is 1.47. The van der Waals surface area contributed by atoms with Crippen molar-refractivity contribution in [3.63, 3.8) is 0 Å². The van der Waals surface area contributed by atoms with Crippen LogP contribution in [0, 0.1) is 29.6 Å². The van der Waals surface area contributed by atoms with Crippen LogP contribution in [0.2, 0.25) is 0 Å². The second-order valence-electron chi connectivity index (χ2n) is 16.3. The highest BCUT2D eigenvalue weighted by molar-refractivity contribution is 5.81. The number of aliphatic hydroxyl groups is 1. The molecule has 10 unspecified atom stereocenters. The number of allylic oxidation sites excluding steroid dienone is 1. The number of ketones is 2. The molecular formula is C45H64N4O12. The Bertz CT molecular complexity index is 1900. The van der Waals surface area contributed by atoms with E-state index in [4.69, 9.17) is 32.2 Å². The minimum absolute atomic E-state index is 0.0555. The zero-order valence-corrected chi connectivity index (χ0v) is 37.0. The number of ether oxygens (including phenoxy) is 4. The first-order chi connectivity index (χ1) is 29.2. The van der Waals surface area contributed by atoms with Crippen molar-refractivity contribution in [1.29, 1.82) is 0 Å². The number of hydrogen-bond acceptors (Lipinski definition) is 15. The summed E-state index contributed by atoms with van der Waals surface area (Å²) in [7, 11) is 6.32. The van der Waals surface area contributed by atoms with E-state index in [0.29, 0.717) is 67.9 Å². The molecule has 0 aliphatic carbocycles. The Hall–Kier alpha value is -4.77. The van der Waals surface area contributed by atoms with Crippen molar-refractivity contribution in [2.45, 2.75) is 123 Å². The third kappa shape index (κ3) is 14.1. The number of carbonyl (C=O) groups excluding carboxylic acids is 4. The molecular weight excluding hydrogens is 789 g/mol. The summed E-state index contributed by atoms with van der Waals surface area (Å²) in [4.78, 5) is 66.0. The smallest absolute Gasteiger partial charge is 0.308 e. The van der Waals surface area contributed by atoms with E-state index in [1.165, 1.54) is 30.8 Å². The highest BCUT2D eigenvalue weighted by Crippen LogP contribution is 2.32. The number of aliphatic hydroxyl groups excluding tert-OH is 1. The summed E-state index contributed by atoms with van der Waals surface area (Å²) in [6.45, 7) is 9.58. The van der Waals surface area contributed by atoms with Crippen molar-refractivity contribution < 1.29 is 56.5 Å². The molecule has 3 aromatic heterocycles. The van der Waals surface area contributed by atoms with E-state index in [9.17, 15) is 24.3 Å². The Morgan fingerprint density at radius 3 is 2.39 bits per heavy atom. The van der Waals surface area contributed by atoms with E-state index in [1.54, 1.807) is 40.5 Å². The molecule has 16 nitrogen and oxygen atoms in total. The molecule has 4 heterocycles. The lowest BCUT2D eigenvalue weighted by Crippen LogP contribution is -2.35. The van der Waals surface area contributed by atoms with Gasteiger partial charge in [0, 0.05) is 71.6 Å². The average Bonchev–Trinajstić information content (AvgIpc) is 4.04. The van der Waals surface area contributed by atoms with E-state index in [2.05, 4.69) is 15.0 Å². The molecule has 0 saturated heterocycles. The molecule has 1 aliphatic rings. The molecule has 1 amide bonds. The van der Waals surface area contributed by atoms with E-state index in [1.807, 2.05) is 39.8 Å². The molecule has 10 atom stereocenters. The zero-order valence-electron chi connectivity index (χ0n) is 37.0. The third-order valence-electron chi connectivity index (χ3n) is 11.7. The van der Waals surface area contributed by atoms with Crippen LogP contribution in [0.15, 0.2) is 50.4 Å². The summed E-state index contributed by atoms with van der Waals surface area (Å²) >= 11 is 0. The lowest BCUT2D eigenvalue weighted by Gasteiger charge is -2.31. The minimum Gasteiger partial charge on any atom is -0.462 e. The summed E-state index contributed by atoms with van der Waals surface area (Å²) in [5.41, 5.74) is 1.12. The first-order valence-corrected chi connectivity index (χ1v) is 21.1. The number of hydrogen-bond donors (Lipinski definition) is 1. The Morgan fingerprint density at radius 2 is 1.69 bits per heavy atom. The molecule has 0 saturated carbocycles. The molecule has 0 spiro atoms. The molecule has 61 heavy (non-hydrogen) atoms. The number of fused-ring (bicyclic) bond motifs is 8. The topological polar surface area (TPSA) is 207 Å². The second kappa shape index (κ2) is 24.0. The van der Waals surface area contributed by atoms with Crippen molar-refractivity contribution in [2.24, 2.45) is 29.6 Å². The fourth-order valence-electron chi connectivity index (χ4n) is 7.66. The molecule has 0 aromatic carbocycles. The Kier molecular flexibility index (Phi) is 19.3. The SMILES string of the molecule is COC(CC1OC(=O)CC(O)CCCC(=O)C(C)C(OC)c2coc(n2)-c2coc(n2)-c2coc(n2)/C=C/CCC1C)C(C)CCC(=O)C(C)C(OC)C(C)/C=C/N(C)C=O. The number of Topliss-reactive ketones (excluding diaryl/α,β-unsaturated/α-hetero) is 2. The van der Waals surface area contributed by atoms with Gasteiger partial charge in [-0.3, -0.25) is 19.2 Å². The number of methoxy groups -OCH3 is 3. The van der Waals surface area contributed by atoms with Gasteiger partial charge in [-0.2, -0.15) is 0 Å². The van der Waals surface area contributed by atoms with Crippen LogP contribution in [0.3, 0.4) is 0 Å². The molecule has 0 fully saturated rings. The van der Waals surface area contributed by atoms with Gasteiger partial charge < -0.3 is 42.2 Å². The van der Waals surface area contributed by atoms with Crippen LogP contribution in [-0.4, -0.2) is 102 Å². The standard InChI is InChI=1S/C45H64N4O12/c1-27-13-10-11-16-40-46-34(24-58-40)44-48-35(25-60-44)45-47-33(23-59-45)43(57-9)31(5)36(52)15-12-14-32(51)21-41(54)61-39(27)22-38(55-7)28(2)17-18-37(53)30(4)42(56-8)29(3)19-20-49(6)26-50/h11,16,19-20,23-32,38-39,42-43,51H,10,12-15,17-18,21-22H2,1-9H3/b16-11+,20-19+. The van der Waals surface area contributed by atoms with Crippen molar-refractivity contribution >= 4 is 30.0 Å². The van der Waals surface area contributed by atoms with Gasteiger partial charge in [0.15, 0.2) is 11.4 Å². The quantitative estimate of drug-likeness (QED) is 0.117. The maximum Gasteiger partial charge on any atom is 0.308 e. The van der Waals surface area contributed by atoms with Crippen molar-refractivity contribution in [2.75, 3.05) is 28.4 Å². The summed E-state index contributed by atoms with van der Waals surface area (Å²) in [5, 5.41) is 10.9. The molecule has 4 rings (SSSR count). The lowest BCUT2D eigenvalue weighted by molar-refractivity contribution is -0.156. The van der Waals surface area contributed by atoms with Crippen LogP contribution < -0.4 is 0 Å². The lowest BCUT2D eigenvalue weighted by atomic mass is 9.85. The van der Waals surface area contributed by atoms with Crippen LogP contribution in [-0.2, 0) is 38.1 Å². The van der Waals surface area contributed by atoms with Gasteiger partial charge in [0.2, 0.25) is 24.1 Å². The predicted octanol–water partition coefficient (Wildman–Crippen LogP) is 7.43. The van der Waals surface area contributed by atoms with Crippen molar-refractivity contribution in [3.8, 4) is 23.2 Å². The Morgan fingerprint density at radius 1 is 0.984 bits per heavy atom. The number of aromatic nitrogens is 3. The van der Waals surface area contributed by atoms with Crippen LogP contribution in [0.1, 0.15) is 110 Å². The average molecular weight is 853 g/mol. The van der Waals surface area contributed by atoms with Gasteiger partial charge in [-0.1, -0.05) is 46.8 Å². The van der Waals surface area contributed by atoms with E-state index >= 15 is 0 Å². The van der Waals surface area contributed by atoms with Crippen molar-refractivity contribution in [3.05, 3.63) is 48.7 Å². The predicted molar refractivity (Wildman–Crippen MR) is 224 cm³/mol. The molecule has 1 aliphatic heterocycles. The molecule has 6 bridgehead atoms. The fourth-order valence-corrected chi connectivity index (χ4v) is 7.66.